The van der Waals surface area contributed by atoms with E-state index in [-0.39, 0.29) is 10.8 Å². The Kier molecular flexibility index (Phi) is 2.84. The summed E-state index contributed by atoms with van der Waals surface area (Å²) in [7, 11) is 0. The summed E-state index contributed by atoms with van der Waals surface area (Å²) < 4.78 is 0. The third kappa shape index (κ3) is 1.78. The summed E-state index contributed by atoms with van der Waals surface area (Å²) in [6, 6.07) is 4.53. The van der Waals surface area contributed by atoms with E-state index in [1.54, 1.807) is 11.3 Å². The van der Waals surface area contributed by atoms with Crippen molar-refractivity contribution >= 4 is 17.2 Å². The number of carbonyl (C=O) groups is 1. The number of thiophene rings is 1. The smallest absolute Gasteiger partial charge is 0.234 e. The number of nitrogens with zero attached hydrogens (tertiary/aromatic N) is 1. The molecule has 3 fully saturated rings. The number of hydrogen-bond acceptors (Lipinski definition) is 3. The molecule has 2 heterocycles. The highest BCUT2D eigenvalue weighted by molar-refractivity contribution is 7.10. The normalized spacial score (nSPS) is 40.3. The van der Waals surface area contributed by atoms with Crippen molar-refractivity contribution in [2.75, 3.05) is 13.1 Å². The van der Waals surface area contributed by atoms with Crippen LogP contribution in [0.5, 0.6) is 0 Å². The largest absolute Gasteiger partial charge is 0.341 e. The fourth-order valence-corrected chi connectivity index (χ4v) is 5.83. The summed E-state index contributed by atoms with van der Waals surface area (Å²) in [5.41, 5.74) is 6.11. The molecule has 114 valence electrons. The molecule has 1 amide bonds. The van der Waals surface area contributed by atoms with E-state index in [2.05, 4.69) is 36.3 Å². The minimum Gasteiger partial charge on any atom is -0.341 e. The number of nitrogens with two attached hydrogens (primary N) is 1. The maximum atomic E-state index is 13.3. The molecular weight excluding hydrogens is 280 g/mol. The molecule has 1 aliphatic heterocycles. The first-order chi connectivity index (χ1) is 9.96. The molecular formula is C17H24N2OS. The lowest BCUT2D eigenvalue weighted by molar-refractivity contribution is -0.137. The number of likely N-dealkylation sites (tertiary alicyclic amines) is 1. The molecule has 1 aromatic rings. The first-order valence-electron chi connectivity index (χ1n) is 8.05. The Morgan fingerprint density at radius 2 is 1.95 bits per heavy atom. The van der Waals surface area contributed by atoms with Gasteiger partial charge in [-0.25, -0.2) is 0 Å². The molecule has 0 spiro atoms. The lowest BCUT2D eigenvalue weighted by Crippen LogP contribution is -2.53. The van der Waals surface area contributed by atoms with Gasteiger partial charge in [0.2, 0.25) is 5.91 Å². The van der Waals surface area contributed by atoms with Crippen molar-refractivity contribution in [3.05, 3.63) is 22.4 Å². The lowest BCUT2D eigenvalue weighted by Gasteiger charge is -2.38. The van der Waals surface area contributed by atoms with Crippen LogP contribution in [-0.2, 0) is 10.2 Å². The first kappa shape index (κ1) is 13.8. The zero-order valence-corrected chi connectivity index (χ0v) is 13.7. The van der Waals surface area contributed by atoms with Crippen molar-refractivity contribution < 1.29 is 4.79 Å². The van der Waals surface area contributed by atoms with E-state index in [0.29, 0.717) is 23.8 Å². The van der Waals surface area contributed by atoms with Gasteiger partial charge in [-0.3, -0.25) is 4.79 Å². The van der Waals surface area contributed by atoms with Crippen LogP contribution in [0.15, 0.2) is 17.5 Å². The van der Waals surface area contributed by atoms with Gasteiger partial charge in [0.25, 0.3) is 0 Å². The molecule has 4 atom stereocenters. The Morgan fingerprint density at radius 1 is 1.33 bits per heavy atom. The summed E-state index contributed by atoms with van der Waals surface area (Å²) in [5.74, 6) is 1.41. The van der Waals surface area contributed by atoms with Gasteiger partial charge < -0.3 is 10.6 Å². The SMILES string of the molecule is CC1(C)CC1(C(=O)N1C[C@H]2CC[C@@H](C1)C2N)c1cccs1. The minimum atomic E-state index is -0.262. The summed E-state index contributed by atoms with van der Waals surface area (Å²) in [6.45, 7) is 6.21. The highest BCUT2D eigenvalue weighted by Gasteiger charge is 2.69. The van der Waals surface area contributed by atoms with Crippen molar-refractivity contribution in [2.45, 2.75) is 44.6 Å². The third-order valence-electron chi connectivity index (χ3n) is 6.24. The molecule has 3 aliphatic rings. The van der Waals surface area contributed by atoms with E-state index >= 15 is 0 Å². The molecule has 3 nitrogen and oxygen atoms in total. The zero-order chi connectivity index (χ0) is 14.8. The predicted molar refractivity (Wildman–Crippen MR) is 85.2 cm³/mol. The fourth-order valence-electron chi connectivity index (χ4n) is 4.73. The average molecular weight is 304 g/mol. The summed E-state index contributed by atoms with van der Waals surface area (Å²) in [5, 5.41) is 2.09. The molecule has 4 rings (SSSR count). The van der Waals surface area contributed by atoms with Gasteiger partial charge in [0.05, 0.1) is 5.41 Å². The summed E-state index contributed by atoms with van der Waals surface area (Å²) in [4.78, 5) is 16.7. The number of rotatable bonds is 2. The van der Waals surface area contributed by atoms with E-state index in [0.717, 1.165) is 19.5 Å². The second-order valence-electron chi connectivity index (χ2n) is 7.83. The molecule has 1 aromatic heterocycles. The fraction of sp³-hybridized carbons (Fsp3) is 0.706. The maximum Gasteiger partial charge on any atom is 0.234 e. The molecule has 0 aromatic carbocycles. The second kappa shape index (κ2) is 4.32. The molecule has 21 heavy (non-hydrogen) atoms. The van der Waals surface area contributed by atoms with E-state index in [4.69, 9.17) is 5.73 Å². The van der Waals surface area contributed by atoms with Gasteiger partial charge >= 0.3 is 0 Å². The van der Waals surface area contributed by atoms with Gasteiger partial charge in [0, 0.05) is 24.0 Å². The minimum absolute atomic E-state index is 0.0908. The van der Waals surface area contributed by atoms with Crippen LogP contribution in [0.1, 0.15) is 38.0 Å². The topological polar surface area (TPSA) is 46.3 Å². The Morgan fingerprint density at radius 3 is 2.43 bits per heavy atom. The van der Waals surface area contributed by atoms with Gasteiger partial charge in [-0.15, -0.1) is 11.3 Å². The Hall–Kier alpha value is -0.870. The van der Waals surface area contributed by atoms with E-state index in [1.807, 2.05) is 0 Å². The van der Waals surface area contributed by atoms with Crippen molar-refractivity contribution in [2.24, 2.45) is 23.0 Å². The van der Waals surface area contributed by atoms with E-state index in [9.17, 15) is 4.79 Å². The number of fused-ring (bicyclic) bond motifs is 2. The molecule has 4 heteroatoms. The van der Waals surface area contributed by atoms with Gasteiger partial charge in [-0.2, -0.15) is 0 Å². The van der Waals surface area contributed by atoms with Crippen molar-refractivity contribution in [3.63, 3.8) is 0 Å². The zero-order valence-electron chi connectivity index (χ0n) is 12.8. The van der Waals surface area contributed by atoms with Crippen LogP contribution in [0.3, 0.4) is 0 Å². The Balaban J connectivity index is 1.63. The van der Waals surface area contributed by atoms with Crippen LogP contribution in [0.25, 0.3) is 0 Å². The Labute approximate surface area is 130 Å². The monoisotopic (exact) mass is 304 g/mol. The van der Waals surface area contributed by atoms with Gasteiger partial charge in [0.1, 0.15) is 0 Å². The molecule has 2 N–H and O–H groups in total. The standard InChI is InChI=1S/C17H24N2OS/c1-16(2)10-17(16,13-4-3-7-21-13)15(20)19-8-11-5-6-12(9-19)14(11)18/h3-4,7,11-12,14H,5-6,8-10,18H2,1-2H3/t11-,12+,14?,17?. The number of hydrogen-bond donors (Lipinski definition) is 1. The molecule has 0 radical (unpaired) electrons. The van der Waals surface area contributed by atoms with Crippen molar-refractivity contribution in [1.82, 2.24) is 4.90 Å². The quantitative estimate of drug-likeness (QED) is 0.913. The second-order valence-corrected chi connectivity index (χ2v) is 8.78. The van der Waals surface area contributed by atoms with Crippen LogP contribution in [0.2, 0.25) is 0 Å². The first-order valence-corrected chi connectivity index (χ1v) is 8.93. The van der Waals surface area contributed by atoms with Crippen LogP contribution in [0, 0.1) is 17.3 Å². The molecule has 2 aliphatic carbocycles. The van der Waals surface area contributed by atoms with Crippen LogP contribution in [0.4, 0.5) is 0 Å². The van der Waals surface area contributed by atoms with Crippen molar-refractivity contribution in [1.29, 1.82) is 0 Å². The lowest BCUT2D eigenvalue weighted by atomic mass is 9.88. The number of carbonyl (C=O) groups excluding carboxylic acids is 1. The molecule has 1 saturated heterocycles. The van der Waals surface area contributed by atoms with Crippen molar-refractivity contribution in [3.8, 4) is 0 Å². The maximum absolute atomic E-state index is 13.3. The Bertz CT molecular complexity index is 553. The highest BCUT2D eigenvalue weighted by atomic mass is 32.1. The van der Waals surface area contributed by atoms with E-state index < -0.39 is 0 Å². The highest BCUT2D eigenvalue weighted by Crippen LogP contribution is 2.66. The van der Waals surface area contributed by atoms with E-state index in [1.165, 1.54) is 17.7 Å². The summed E-state index contributed by atoms with van der Waals surface area (Å²) in [6.07, 6.45) is 3.38. The molecule has 2 bridgehead atoms. The van der Waals surface area contributed by atoms with Crippen LogP contribution >= 0.6 is 11.3 Å². The molecule has 2 unspecified atom stereocenters. The van der Waals surface area contributed by atoms with Gasteiger partial charge in [-0.05, 0) is 48.0 Å². The molecule has 2 saturated carbocycles. The summed E-state index contributed by atoms with van der Waals surface area (Å²) >= 11 is 1.73. The third-order valence-corrected chi connectivity index (χ3v) is 7.27. The van der Waals surface area contributed by atoms with Gasteiger partial charge in [0.15, 0.2) is 0 Å². The number of amides is 1. The predicted octanol–water partition coefficient (Wildman–Crippen LogP) is 2.61. The number of piperidine rings is 1. The van der Waals surface area contributed by atoms with Gasteiger partial charge in [-0.1, -0.05) is 19.9 Å². The van der Waals surface area contributed by atoms with Crippen LogP contribution < -0.4 is 5.73 Å². The average Bonchev–Trinajstić information content (AvgIpc) is 2.78. The van der Waals surface area contributed by atoms with Crippen LogP contribution in [-0.4, -0.2) is 29.9 Å².